The van der Waals surface area contributed by atoms with Gasteiger partial charge in [0.25, 0.3) is 0 Å². The molecule has 5 nitrogen and oxygen atoms in total. The second kappa shape index (κ2) is 16.3. The van der Waals surface area contributed by atoms with Gasteiger partial charge in [0.15, 0.2) is 0 Å². The topological polar surface area (TPSA) is 57.2 Å². The molecule has 5 heteroatoms. The molecule has 0 saturated carbocycles. The highest BCUT2D eigenvalue weighted by Crippen LogP contribution is 2.24. The molecule has 0 aliphatic carbocycles. The molecular weight excluding hydrogens is 308 g/mol. The number of hydrogen-bond acceptors (Lipinski definition) is 5. The van der Waals surface area contributed by atoms with Gasteiger partial charge in [-0.3, -0.25) is 4.74 Å². The first-order valence-corrected chi connectivity index (χ1v) is 9.88. The van der Waals surface area contributed by atoms with Gasteiger partial charge in [-0.1, -0.05) is 51.9 Å². The van der Waals surface area contributed by atoms with Crippen LogP contribution < -0.4 is 0 Å². The molecule has 1 N–H and O–H groups in total. The fraction of sp³-hybridized carbons (Fsp3) is 1.00. The van der Waals surface area contributed by atoms with E-state index in [9.17, 15) is 5.11 Å². The van der Waals surface area contributed by atoms with E-state index in [-0.39, 0.29) is 12.7 Å². The number of ether oxygens (including phenoxy) is 4. The summed E-state index contributed by atoms with van der Waals surface area (Å²) in [5.41, 5.74) is 0. The quantitative estimate of drug-likeness (QED) is 0.289. The Hall–Kier alpha value is -0.200. The molecule has 1 atom stereocenters. The van der Waals surface area contributed by atoms with Gasteiger partial charge in [0.2, 0.25) is 0 Å². The molecule has 146 valence electrons. The molecule has 1 unspecified atom stereocenters. The zero-order valence-corrected chi connectivity index (χ0v) is 16.3. The molecule has 0 bridgehead atoms. The standard InChI is InChI=1S/C19H40O5/c1-5-9-10-11-12-13-14-15-18(16-17-20)24-19(21-6-2,22-7-3)23-8-4/h18,20H,5-17H2,1-4H3. The van der Waals surface area contributed by atoms with Crippen molar-refractivity contribution in [1.29, 1.82) is 0 Å². The van der Waals surface area contributed by atoms with Crippen molar-refractivity contribution < 1.29 is 24.1 Å². The second-order valence-corrected chi connectivity index (χ2v) is 5.96. The third-order valence-corrected chi connectivity index (χ3v) is 3.86. The number of aliphatic hydroxyl groups is 1. The molecule has 0 saturated heterocycles. The molecule has 0 fully saturated rings. The van der Waals surface area contributed by atoms with E-state index in [1.807, 2.05) is 20.8 Å². The summed E-state index contributed by atoms with van der Waals surface area (Å²) in [6.07, 6.45) is 8.64. The lowest BCUT2D eigenvalue weighted by Crippen LogP contribution is -2.45. The van der Waals surface area contributed by atoms with E-state index in [1.54, 1.807) is 0 Å². The van der Waals surface area contributed by atoms with E-state index in [0.29, 0.717) is 26.2 Å². The van der Waals surface area contributed by atoms with Crippen molar-refractivity contribution in [3.63, 3.8) is 0 Å². The third kappa shape index (κ3) is 11.4. The van der Waals surface area contributed by atoms with Crippen LogP contribution in [0.2, 0.25) is 0 Å². The highest BCUT2D eigenvalue weighted by Gasteiger charge is 2.37. The summed E-state index contributed by atoms with van der Waals surface area (Å²) in [6, 6.07) is 0. The van der Waals surface area contributed by atoms with Crippen molar-refractivity contribution in [2.75, 3.05) is 26.4 Å². The highest BCUT2D eigenvalue weighted by atomic mass is 17.0. The highest BCUT2D eigenvalue weighted by molar-refractivity contribution is 4.61. The summed E-state index contributed by atoms with van der Waals surface area (Å²) in [7, 11) is 0. The first-order chi connectivity index (χ1) is 11.7. The summed E-state index contributed by atoms with van der Waals surface area (Å²) >= 11 is 0. The molecule has 0 aromatic rings. The Morgan fingerprint density at radius 3 is 1.67 bits per heavy atom. The molecule has 24 heavy (non-hydrogen) atoms. The number of unbranched alkanes of at least 4 members (excludes halogenated alkanes) is 6. The zero-order valence-electron chi connectivity index (χ0n) is 16.3. The Morgan fingerprint density at radius 2 is 1.21 bits per heavy atom. The van der Waals surface area contributed by atoms with Crippen molar-refractivity contribution >= 4 is 0 Å². The van der Waals surface area contributed by atoms with Crippen LogP contribution in [0.3, 0.4) is 0 Å². The van der Waals surface area contributed by atoms with Gasteiger partial charge in [-0.2, -0.15) is 0 Å². The maximum atomic E-state index is 9.32. The summed E-state index contributed by atoms with van der Waals surface area (Å²) in [5.74, 6) is 0. The van der Waals surface area contributed by atoms with Crippen LogP contribution in [0.25, 0.3) is 0 Å². The SMILES string of the molecule is CCCCCCCCCC(CCO)OC(OCC)(OCC)OCC. The van der Waals surface area contributed by atoms with Gasteiger partial charge in [-0.15, -0.1) is 0 Å². The summed E-state index contributed by atoms with van der Waals surface area (Å²) < 4.78 is 22.9. The van der Waals surface area contributed by atoms with Crippen LogP contribution in [-0.2, 0) is 18.9 Å². The minimum absolute atomic E-state index is 0.0849. The van der Waals surface area contributed by atoms with E-state index >= 15 is 0 Å². The van der Waals surface area contributed by atoms with Crippen LogP contribution in [0.5, 0.6) is 0 Å². The number of aliphatic hydroxyl groups excluding tert-OH is 1. The minimum Gasteiger partial charge on any atom is -0.396 e. The smallest absolute Gasteiger partial charge is 0.396 e. The van der Waals surface area contributed by atoms with Gasteiger partial charge >= 0.3 is 6.16 Å². The van der Waals surface area contributed by atoms with Gasteiger partial charge in [0.05, 0.1) is 25.9 Å². The fourth-order valence-electron chi connectivity index (χ4n) is 2.70. The van der Waals surface area contributed by atoms with Crippen LogP contribution in [0.4, 0.5) is 0 Å². The van der Waals surface area contributed by atoms with Crippen molar-refractivity contribution in [3.05, 3.63) is 0 Å². The fourth-order valence-corrected chi connectivity index (χ4v) is 2.70. The average molecular weight is 349 g/mol. The Bertz CT molecular complexity index is 243. The van der Waals surface area contributed by atoms with Gasteiger partial charge in [-0.25, -0.2) is 0 Å². The predicted molar refractivity (Wildman–Crippen MR) is 96.8 cm³/mol. The summed E-state index contributed by atoms with van der Waals surface area (Å²) in [5, 5.41) is 9.32. The molecule has 0 aliphatic rings. The molecule has 0 rings (SSSR count). The first-order valence-electron chi connectivity index (χ1n) is 9.88. The lowest BCUT2D eigenvalue weighted by molar-refractivity contribution is -0.506. The molecule has 0 aliphatic heterocycles. The predicted octanol–water partition coefficient (Wildman–Crippen LogP) is 4.62. The van der Waals surface area contributed by atoms with Gasteiger partial charge in [-0.05, 0) is 33.6 Å². The average Bonchev–Trinajstić information content (AvgIpc) is 2.55. The summed E-state index contributed by atoms with van der Waals surface area (Å²) in [6.45, 7) is 9.27. The summed E-state index contributed by atoms with van der Waals surface area (Å²) in [4.78, 5) is 0. The molecule has 0 aromatic carbocycles. The van der Waals surface area contributed by atoms with E-state index in [4.69, 9.17) is 18.9 Å². The second-order valence-electron chi connectivity index (χ2n) is 5.96. The molecule has 0 amide bonds. The minimum atomic E-state index is -1.45. The maximum Gasteiger partial charge on any atom is 0.412 e. The molecule has 0 aromatic heterocycles. The lowest BCUT2D eigenvalue weighted by atomic mass is 10.0. The molecular formula is C19H40O5. The van der Waals surface area contributed by atoms with Crippen LogP contribution in [0, 0.1) is 0 Å². The number of hydrogen-bond donors (Lipinski definition) is 1. The Balaban J connectivity index is 4.37. The van der Waals surface area contributed by atoms with Crippen molar-refractivity contribution in [2.45, 2.75) is 97.7 Å². The van der Waals surface area contributed by atoms with Gasteiger partial charge in [0.1, 0.15) is 0 Å². The third-order valence-electron chi connectivity index (χ3n) is 3.86. The Labute approximate surface area is 149 Å². The Kier molecular flexibility index (Phi) is 16.1. The number of rotatable bonds is 18. The normalized spacial score (nSPS) is 13.4. The van der Waals surface area contributed by atoms with Crippen molar-refractivity contribution in [1.82, 2.24) is 0 Å². The molecule has 0 radical (unpaired) electrons. The Morgan fingerprint density at radius 1 is 0.708 bits per heavy atom. The van der Waals surface area contributed by atoms with E-state index < -0.39 is 6.16 Å². The van der Waals surface area contributed by atoms with Gasteiger partial charge in [0, 0.05) is 6.61 Å². The van der Waals surface area contributed by atoms with Crippen LogP contribution in [-0.4, -0.2) is 43.8 Å². The monoisotopic (exact) mass is 348 g/mol. The molecule has 0 spiro atoms. The maximum absolute atomic E-state index is 9.32. The van der Waals surface area contributed by atoms with Crippen LogP contribution >= 0.6 is 0 Å². The van der Waals surface area contributed by atoms with Crippen molar-refractivity contribution in [3.8, 4) is 0 Å². The largest absolute Gasteiger partial charge is 0.412 e. The van der Waals surface area contributed by atoms with E-state index in [0.717, 1.165) is 12.8 Å². The lowest BCUT2D eigenvalue weighted by Gasteiger charge is -2.34. The van der Waals surface area contributed by atoms with Gasteiger partial charge < -0.3 is 19.3 Å². The van der Waals surface area contributed by atoms with Crippen LogP contribution in [0.15, 0.2) is 0 Å². The first kappa shape index (κ1) is 23.8. The van der Waals surface area contributed by atoms with Crippen LogP contribution in [0.1, 0.15) is 85.5 Å². The van der Waals surface area contributed by atoms with E-state index in [2.05, 4.69) is 6.92 Å². The molecule has 0 heterocycles. The zero-order chi connectivity index (χ0) is 18.1. The van der Waals surface area contributed by atoms with E-state index in [1.165, 1.54) is 38.5 Å². The van der Waals surface area contributed by atoms with Crippen molar-refractivity contribution in [2.24, 2.45) is 0 Å².